The first kappa shape index (κ1) is 17.6. The molecule has 1 aromatic carbocycles. The number of thiazole rings is 1. The number of nitrogens with zero attached hydrogens (tertiary/aromatic N) is 2. The van der Waals surface area contributed by atoms with Gasteiger partial charge >= 0.3 is 0 Å². The second-order valence-corrected chi connectivity index (χ2v) is 7.41. The van der Waals surface area contributed by atoms with Crippen LogP contribution in [0.5, 0.6) is 0 Å². The van der Waals surface area contributed by atoms with Gasteiger partial charge in [0, 0.05) is 19.6 Å². The van der Waals surface area contributed by atoms with E-state index >= 15 is 0 Å². The molecule has 0 unspecified atom stereocenters. The van der Waals surface area contributed by atoms with Crippen molar-refractivity contribution in [3.63, 3.8) is 0 Å². The number of benzene rings is 1. The molecule has 5 heteroatoms. The Hall–Kier alpha value is -1.72. The summed E-state index contributed by atoms with van der Waals surface area (Å²) >= 11 is 1.56. The minimum Gasteiger partial charge on any atom is -0.336 e. The van der Waals surface area contributed by atoms with Crippen LogP contribution in [0.1, 0.15) is 35.8 Å². The molecule has 0 aliphatic carbocycles. The van der Waals surface area contributed by atoms with Crippen LogP contribution >= 0.6 is 11.3 Å². The van der Waals surface area contributed by atoms with Gasteiger partial charge in [-0.3, -0.25) is 4.79 Å². The maximum absolute atomic E-state index is 12.9. The van der Waals surface area contributed by atoms with E-state index in [0.717, 1.165) is 21.9 Å². The first-order chi connectivity index (χ1) is 10.9. The molecule has 0 spiro atoms. The Balaban J connectivity index is 2.32. The van der Waals surface area contributed by atoms with Crippen LogP contribution < -0.4 is 5.73 Å². The highest BCUT2D eigenvalue weighted by atomic mass is 32.1. The Morgan fingerprint density at radius 1 is 1.30 bits per heavy atom. The molecule has 0 radical (unpaired) electrons. The number of aromatic nitrogens is 1. The number of amides is 1. The molecule has 1 atom stereocenters. The number of aryl methyl sites for hydroxylation is 1. The highest BCUT2D eigenvalue weighted by Crippen LogP contribution is 2.31. The smallest absolute Gasteiger partial charge is 0.274 e. The summed E-state index contributed by atoms with van der Waals surface area (Å²) < 4.78 is 0. The van der Waals surface area contributed by atoms with Crippen molar-refractivity contribution in [3.05, 3.63) is 41.0 Å². The molecule has 0 aliphatic rings. The Labute approximate surface area is 142 Å². The molecule has 0 bridgehead atoms. The molecule has 0 fully saturated rings. The minimum absolute atomic E-state index is 0.0353. The van der Waals surface area contributed by atoms with E-state index in [-0.39, 0.29) is 11.9 Å². The fourth-order valence-corrected chi connectivity index (χ4v) is 3.56. The Bertz CT molecular complexity index is 652. The lowest BCUT2D eigenvalue weighted by atomic mass is 10.0. The molecular weight excluding hydrogens is 306 g/mol. The SMILES string of the molecule is Cc1nc(C(=O)N(C)[C@@H](CN)CC(C)C)c(-c2ccccc2)s1. The topological polar surface area (TPSA) is 59.2 Å². The number of nitrogens with two attached hydrogens (primary N) is 1. The number of likely N-dealkylation sites (N-methyl/N-ethyl adjacent to an activating group) is 1. The van der Waals surface area contributed by atoms with Gasteiger partial charge in [0.2, 0.25) is 0 Å². The quantitative estimate of drug-likeness (QED) is 0.880. The third kappa shape index (κ3) is 4.18. The van der Waals surface area contributed by atoms with Gasteiger partial charge in [0.25, 0.3) is 5.91 Å². The number of rotatable bonds is 6. The molecule has 4 nitrogen and oxygen atoms in total. The second-order valence-electron chi connectivity index (χ2n) is 6.21. The lowest BCUT2D eigenvalue weighted by molar-refractivity contribution is 0.0715. The minimum atomic E-state index is -0.0516. The number of carbonyl (C=O) groups excluding carboxylic acids is 1. The van der Waals surface area contributed by atoms with Crippen molar-refractivity contribution in [2.45, 2.75) is 33.2 Å². The fourth-order valence-electron chi connectivity index (χ4n) is 2.65. The van der Waals surface area contributed by atoms with E-state index in [1.807, 2.05) is 44.3 Å². The predicted molar refractivity (Wildman–Crippen MR) is 96.7 cm³/mol. The summed E-state index contributed by atoms with van der Waals surface area (Å²) in [5, 5.41) is 0.897. The monoisotopic (exact) mass is 331 g/mol. The van der Waals surface area contributed by atoms with Crippen molar-refractivity contribution < 1.29 is 4.79 Å². The maximum Gasteiger partial charge on any atom is 0.274 e. The summed E-state index contributed by atoms with van der Waals surface area (Å²) in [6, 6.07) is 9.98. The van der Waals surface area contributed by atoms with E-state index in [9.17, 15) is 4.79 Å². The van der Waals surface area contributed by atoms with Crippen LogP contribution in [-0.2, 0) is 0 Å². The van der Waals surface area contributed by atoms with Crippen LogP contribution in [0.2, 0.25) is 0 Å². The highest BCUT2D eigenvalue weighted by molar-refractivity contribution is 7.15. The standard InChI is InChI=1S/C18H25N3OS/c1-12(2)10-15(11-19)21(4)18(22)16-17(23-13(3)20-16)14-8-6-5-7-9-14/h5-9,12,15H,10-11,19H2,1-4H3/t15-/m1/s1. The summed E-state index contributed by atoms with van der Waals surface area (Å²) in [5.74, 6) is 0.439. The van der Waals surface area contributed by atoms with Gasteiger partial charge in [-0.1, -0.05) is 44.2 Å². The molecule has 1 heterocycles. The predicted octanol–water partition coefficient (Wildman–Crippen LogP) is 3.56. The zero-order valence-corrected chi connectivity index (χ0v) is 15.1. The molecule has 2 aromatic rings. The highest BCUT2D eigenvalue weighted by Gasteiger charge is 2.26. The third-order valence-electron chi connectivity index (χ3n) is 3.86. The van der Waals surface area contributed by atoms with E-state index < -0.39 is 0 Å². The molecule has 2 rings (SSSR count). The number of hydrogen-bond acceptors (Lipinski definition) is 4. The molecule has 0 saturated heterocycles. The molecule has 2 N–H and O–H groups in total. The summed E-state index contributed by atoms with van der Waals surface area (Å²) in [6.45, 7) is 6.68. The molecule has 1 amide bonds. The van der Waals surface area contributed by atoms with Crippen molar-refractivity contribution in [2.75, 3.05) is 13.6 Å². The van der Waals surface area contributed by atoms with E-state index in [1.165, 1.54) is 0 Å². The Morgan fingerprint density at radius 3 is 2.52 bits per heavy atom. The van der Waals surface area contributed by atoms with Crippen LogP contribution in [0.25, 0.3) is 10.4 Å². The van der Waals surface area contributed by atoms with E-state index in [0.29, 0.717) is 18.2 Å². The number of hydrogen-bond donors (Lipinski definition) is 1. The van der Waals surface area contributed by atoms with Gasteiger partial charge in [0.1, 0.15) is 5.69 Å². The van der Waals surface area contributed by atoms with Gasteiger partial charge in [-0.25, -0.2) is 4.98 Å². The summed E-state index contributed by atoms with van der Waals surface area (Å²) in [7, 11) is 1.83. The van der Waals surface area contributed by atoms with Crippen LogP contribution in [0.15, 0.2) is 30.3 Å². The van der Waals surface area contributed by atoms with Crippen molar-refractivity contribution in [2.24, 2.45) is 11.7 Å². The van der Waals surface area contributed by atoms with Gasteiger partial charge in [-0.15, -0.1) is 11.3 Å². The van der Waals surface area contributed by atoms with E-state index in [2.05, 4.69) is 18.8 Å². The van der Waals surface area contributed by atoms with Gasteiger partial charge < -0.3 is 10.6 Å². The molecule has 0 aliphatic heterocycles. The van der Waals surface area contributed by atoms with Crippen molar-refractivity contribution in [1.29, 1.82) is 0 Å². The summed E-state index contributed by atoms with van der Waals surface area (Å²) in [5.41, 5.74) is 7.44. The van der Waals surface area contributed by atoms with Gasteiger partial charge in [-0.05, 0) is 24.8 Å². The molecule has 0 saturated carbocycles. The van der Waals surface area contributed by atoms with Crippen LogP contribution in [0.4, 0.5) is 0 Å². The molecule has 1 aromatic heterocycles. The van der Waals surface area contributed by atoms with Crippen LogP contribution in [-0.4, -0.2) is 35.4 Å². The van der Waals surface area contributed by atoms with E-state index in [4.69, 9.17) is 5.73 Å². The van der Waals surface area contributed by atoms with Crippen molar-refractivity contribution in [3.8, 4) is 10.4 Å². The summed E-state index contributed by atoms with van der Waals surface area (Å²) in [4.78, 5) is 20.1. The Morgan fingerprint density at radius 2 is 1.96 bits per heavy atom. The largest absolute Gasteiger partial charge is 0.336 e. The van der Waals surface area contributed by atoms with Gasteiger partial charge in [0.05, 0.1) is 9.88 Å². The molecular formula is C18H25N3OS. The second kappa shape index (κ2) is 7.70. The van der Waals surface area contributed by atoms with Crippen molar-refractivity contribution >= 4 is 17.2 Å². The summed E-state index contributed by atoms with van der Waals surface area (Å²) in [6.07, 6.45) is 0.891. The van der Waals surface area contributed by atoms with Crippen molar-refractivity contribution in [1.82, 2.24) is 9.88 Å². The van der Waals surface area contributed by atoms with Crippen LogP contribution in [0, 0.1) is 12.8 Å². The maximum atomic E-state index is 12.9. The van der Waals surface area contributed by atoms with Gasteiger partial charge in [-0.2, -0.15) is 0 Å². The molecule has 23 heavy (non-hydrogen) atoms. The lowest BCUT2D eigenvalue weighted by Gasteiger charge is -2.28. The zero-order valence-electron chi connectivity index (χ0n) is 14.2. The average Bonchev–Trinajstić information content (AvgIpc) is 2.93. The van der Waals surface area contributed by atoms with Crippen LogP contribution in [0.3, 0.4) is 0 Å². The zero-order chi connectivity index (χ0) is 17.0. The molecule has 124 valence electrons. The normalized spacial score (nSPS) is 12.4. The number of carbonyl (C=O) groups is 1. The average molecular weight is 331 g/mol. The third-order valence-corrected chi connectivity index (χ3v) is 4.88. The van der Waals surface area contributed by atoms with Gasteiger partial charge in [0.15, 0.2) is 0 Å². The fraction of sp³-hybridized carbons (Fsp3) is 0.444. The van der Waals surface area contributed by atoms with E-state index in [1.54, 1.807) is 16.2 Å². The first-order valence-electron chi connectivity index (χ1n) is 7.94. The first-order valence-corrected chi connectivity index (χ1v) is 8.75. The Kier molecular flexibility index (Phi) is 5.91. The lowest BCUT2D eigenvalue weighted by Crippen LogP contribution is -2.42.